The van der Waals surface area contributed by atoms with Crippen LogP contribution in [0.25, 0.3) is 68.5 Å². The van der Waals surface area contributed by atoms with Crippen LogP contribution in [0.15, 0.2) is 195 Å². The Labute approximate surface area is 394 Å². The van der Waals surface area contributed by atoms with Crippen molar-refractivity contribution in [1.82, 2.24) is 0 Å². The zero-order valence-corrected chi connectivity index (χ0v) is 39.3. The molecule has 9 rings (SSSR count). The van der Waals surface area contributed by atoms with Gasteiger partial charge in [0.25, 0.3) is 0 Å². The molecule has 0 saturated heterocycles. The molecule has 0 saturated carbocycles. The van der Waals surface area contributed by atoms with Crippen LogP contribution >= 0.6 is 0 Å². The number of hydrogen-bond acceptors (Lipinski definition) is 0. The molecule has 326 valence electrons. The lowest BCUT2D eigenvalue weighted by Crippen LogP contribution is -2.04. The Morgan fingerprint density at radius 1 is 0.606 bits per heavy atom. The SMILES string of the molecule is C=CC.C=Cc1cc2c(c(C(/C=C(\C)c3ccccc3)=C/C(=C)c3cccc(/C4=C/C(c5c6c(cc7ccccc57)CCC=C6)=C\C(c5ccccc5)=C/CC4)c3)c1C=C(C)C)C=CCC2. The van der Waals surface area contributed by atoms with Crippen LogP contribution < -0.4 is 0 Å². The molecular formula is C66H62. The highest BCUT2D eigenvalue weighted by Gasteiger charge is 2.21. The molecule has 0 radical (unpaired) electrons. The molecule has 0 heteroatoms. The monoisotopic (exact) mass is 854 g/mol. The number of aryl methyl sites for hydroxylation is 2. The Balaban J connectivity index is 0.00000192. The molecule has 0 bridgehead atoms. The molecular weight excluding hydrogens is 793 g/mol. The van der Waals surface area contributed by atoms with Crippen LogP contribution in [0.2, 0.25) is 0 Å². The Morgan fingerprint density at radius 2 is 1.26 bits per heavy atom. The highest BCUT2D eigenvalue weighted by atomic mass is 14.3. The zero-order valence-electron chi connectivity index (χ0n) is 39.3. The van der Waals surface area contributed by atoms with E-state index in [1.54, 1.807) is 6.08 Å². The third-order valence-electron chi connectivity index (χ3n) is 12.7. The smallest absolute Gasteiger partial charge is 0.00299 e. The molecule has 0 unspecified atom stereocenters. The molecule has 0 heterocycles. The summed E-state index contributed by atoms with van der Waals surface area (Å²) in [6, 6.07) is 44.3. The summed E-state index contributed by atoms with van der Waals surface area (Å²) in [5.74, 6) is 0. The summed E-state index contributed by atoms with van der Waals surface area (Å²) in [7, 11) is 0. The maximum Gasteiger partial charge on any atom is -0.00299 e. The standard InChI is InChI=1S/C63H56.C3H6/c1-6-46-38-53-25-13-18-34-60(53)63(61(46)35-43(2)3)56(36-44(4)47-21-9-7-10-22-47)37-45(5)49-28-19-30-51(39-49)52-31-20-29-50(48-23-11-8-12-24-48)40-57(41-52)62-58-32-16-14-26-54(58)42-55-27-15-17-33-59(55)62;1-3-2/h6-12,14,16-19,21-24,26,28-30,32-42H,1,5,13,15,20,25,27,31H2,2-4H3;3H,1H2,2H3/b44-36+,50-29+,52-41+,56-37+,57-40+;. The molecule has 6 aromatic carbocycles. The number of hydrogen-bond donors (Lipinski definition) is 0. The van der Waals surface area contributed by atoms with Gasteiger partial charge in [0.15, 0.2) is 0 Å². The fraction of sp³-hybridized carbons (Fsp3) is 0.152. The van der Waals surface area contributed by atoms with Gasteiger partial charge in [-0.15, -0.1) is 6.58 Å². The van der Waals surface area contributed by atoms with Gasteiger partial charge in [-0.3, -0.25) is 0 Å². The first kappa shape index (κ1) is 45.3. The van der Waals surface area contributed by atoms with Gasteiger partial charge in [-0.05, 0) is 195 Å². The molecule has 0 aromatic heterocycles. The minimum atomic E-state index is 0.922. The normalized spacial score (nSPS) is 16.9. The van der Waals surface area contributed by atoms with Gasteiger partial charge < -0.3 is 0 Å². The summed E-state index contributed by atoms with van der Waals surface area (Å²) in [5, 5.41) is 2.59. The fourth-order valence-corrected chi connectivity index (χ4v) is 9.63. The topological polar surface area (TPSA) is 0 Å². The zero-order chi connectivity index (χ0) is 46.0. The first-order valence-corrected chi connectivity index (χ1v) is 23.6. The van der Waals surface area contributed by atoms with Crippen LogP contribution in [0.1, 0.15) is 120 Å². The highest BCUT2D eigenvalue weighted by Crippen LogP contribution is 2.42. The van der Waals surface area contributed by atoms with E-state index in [4.69, 9.17) is 6.58 Å². The Hall–Kier alpha value is -7.28. The third kappa shape index (κ3) is 10.1. The Bertz CT molecular complexity index is 3060. The van der Waals surface area contributed by atoms with E-state index in [1.807, 2.05) is 13.0 Å². The predicted octanol–water partition coefficient (Wildman–Crippen LogP) is 18.6. The van der Waals surface area contributed by atoms with Gasteiger partial charge in [0.05, 0.1) is 0 Å². The molecule has 0 spiro atoms. The summed E-state index contributed by atoms with van der Waals surface area (Å²) in [5.41, 5.74) is 23.6. The second kappa shape index (κ2) is 21.1. The summed E-state index contributed by atoms with van der Waals surface area (Å²) >= 11 is 0. The second-order valence-electron chi connectivity index (χ2n) is 17.8. The molecule has 6 aromatic rings. The number of benzene rings is 6. The van der Waals surface area contributed by atoms with Crippen molar-refractivity contribution in [2.75, 3.05) is 0 Å². The number of allylic oxidation sites excluding steroid dienone is 15. The molecule has 0 amide bonds. The quantitative estimate of drug-likeness (QED) is 0.0951. The predicted molar refractivity (Wildman–Crippen MR) is 294 cm³/mol. The van der Waals surface area contributed by atoms with Gasteiger partial charge in [-0.2, -0.15) is 0 Å². The van der Waals surface area contributed by atoms with Crippen LogP contribution in [0, 0.1) is 0 Å². The molecule has 3 aliphatic carbocycles. The molecule has 3 aliphatic rings. The van der Waals surface area contributed by atoms with Crippen molar-refractivity contribution < 1.29 is 0 Å². The van der Waals surface area contributed by atoms with Gasteiger partial charge >= 0.3 is 0 Å². The average molecular weight is 855 g/mol. The lowest BCUT2D eigenvalue weighted by atomic mass is 9.81. The van der Waals surface area contributed by atoms with E-state index in [1.165, 1.54) is 94.3 Å². The summed E-state index contributed by atoms with van der Waals surface area (Å²) in [4.78, 5) is 0. The van der Waals surface area contributed by atoms with E-state index in [0.717, 1.165) is 60.8 Å². The Morgan fingerprint density at radius 3 is 1.98 bits per heavy atom. The van der Waals surface area contributed by atoms with Crippen molar-refractivity contribution in [3.05, 3.63) is 262 Å². The van der Waals surface area contributed by atoms with Gasteiger partial charge in [0.1, 0.15) is 0 Å². The van der Waals surface area contributed by atoms with E-state index in [9.17, 15) is 0 Å². The summed E-state index contributed by atoms with van der Waals surface area (Å²) in [6.07, 6.45) is 33.6. The Kier molecular flexibility index (Phi) is 14.5. The van der Waals surface area contributed by atoms with Crippen LogP contribution in [-0.4, -0.2) is 0 Å². The molecule has 0 aliphatic heterocycles. The van der Waals surface area contributed by atoms with Gasteiger partial charge in [0, 0.05) is 0 Å². The summed E-state index contributed by atoms with van der Waals surface area (Å²) in [6.45, 7) is 20.9. The molecule has 0 fully saturated rings. The van der Waals surface area contributed by atoms with Crippen LogP contribution in [0.5, 0.6) is 0 Å². The lowest BCUT2D eigenvalue weighted by Gasteiger charge is -2.22. The first-order chi connectivity index (χ1) is 32.3. The van der Waals surface area contributed by atoms with Crippen LogP contribution in [0.3, 0.4) is 0 Å². The average Bonchev–Trinajstić information content (AvgIpc) is 3.33. The van der Waals surface area contributed by atoms with Crippen molar-refractivity contribution in [2.24, 2.45) is 0 Å². The largest absolute Gasteiger partial charge is 0.103 e. The van der Waals surface area contributed by atoms with E-state index < -0.39 is 0 Å². The lowest BCUT2D eigenvalue weighted by molar-refractivity contribution is 0.982. The maximum absolute atomic E-state index is 4.82. The molecule has 0 atom stereocenters. The van der Waals surface area contributed by atoms with Gasteiger partial charge in [-0.1, -0.05) is 195 Å². The second-order valence-corrected chi connectivity index (χ2v) is 17.8. The maximum atomic E-state index is 4.82. The first-order valence-electron chi connectivity index (χ1n) is 23.6. The van der Waals surface area contributed by atoms with Gasteiger partial charge in [-0.25, -0.2) is 0 Å². The van der Waals surface area contributed by atoms with Gasteiger partial charge in [0.2, 0.25) is 0 Å². The van der Waals surface area contributed by atoms with Crippen LogP contribution in [0.4, 0.5) is 0 Å². The van der Waals surface area contributed by atoms with E-state index in [-0.39, 0.29) is 0 Å². The minimum Gasteiger partial charge on any atom is -0.103 e. The molecule has 66 heavy (non-hydrogen) atoms. The van der Waals surface area contributed by atoms with Crippen molar-refractivity contribution in [3.8, 4) is 0 Å². The van der Waals surface area contributed by atoms with Crippen molar-refractivity contribution in [2.45, 2.75) is 66.2 Å². The van der Waals surface area contributed by atoms with Crippen LogP contribution in [-0.2, 0) is 12.8 Å². The minimum absolute atomic E-state index is 0.922. The van der Waals surface area contributed by atoms with E-state index in [0.29, 0.717) is 0 Å². The third-order valence-corrected chi connectivity index (χ3v) is 12.7. The van der Waals surface area contributed by atoms with E-state index >= 15 is 0 Å². The fourth-order valence-electron chi connectivity index (χ4n) is 9.63. The number of fused-ring (bicyclic) bond motifs is 3. The number of rotatable bonds is 10. The highest BCUT2D eigenvalue weighted by molar-refractivity contribution is 6.05. The van der Waals surface area contributed by atoms with Crippen molar-refractivity contribution in [1.29, 1.82) is 0 Å². The van der Waals surface area contributed by atoms with E-state index in [2.05, 4.69) is 216 Å². The summed E-state index contributed by atoms with van der Waals surface area (Å²) < 4.78 is 0. The van der Waals surface area contributed by atoms with Crippen molar-refractivity contribution >= 4 is 68.5 Å². The molecule has 0 N–H and O–H groups in total. The molecule has 0 nitrogen and oxygen atoms in total. The van der Waals surface area contributed by atoms with Crippen molar-refractivity contribution in [3.63, 3.8) is 0 Å².